The van der Waals surface area contributed by atoms with Crippen LogP contribution in [0.25, 0.3) is 0 Å². The Morgan fingerprint density at radius 1 is 0.700 bits per heavy atom. The van der Waals surface area contributed by atoms with E-state index in [4.69, 9.17) is 14.2 Å². The summed E-state index contributed by atoms with van der Waals surface area (Å²) in [6.07, 6.45) is 11.7. The van der Waals surface area contributed by atoms with E-state index in [2.05, 4.69) is 13.8 Å². The van der Waals surface area contributed by atoms with Crippen molar-refractivity contribution in [1.29, 1.82) is 0 Å². The van der Waals surface area contributed by atoms with Gasteiger partial charge < -0.3 is 14.2 Å². The second kappa shape index (κ2) is 15.6. The number of ether oxygens (including phenoxy) is 3. The molecule has 0 aliphatic carbocycles. The van der Waals surface area contributed by atoms with E-state index in [0.717, 1.165) is 44.9 Å². The molecule has 0 aromatic carbocycles. The third kappa shape index (κ3) is 8.38. The molecule has 6 nitrogen and oxygen atoms in total. The molecule has 0 aliphatic rings. The fraction of sp³-hybridized carbons (Fsp3) is 1.00. The fourth-order valence-corrected chi connectivity index (χ4v) is 5.65. The highest BCUT2D eigenvalue weighted by Gasteiger charge is 2.64. The zero-order valence-electron chi connectivity index (χ0n) is 20.4. The number of hydrogen-bond donors (Lipinski definition) is 1. The third-order valence-corrected chi connectivity index (χ3v) is 7.22. The number of hydrogen-bond acceptors (Lipinski definition) is 5. The maximum absolute atomic E-state index is 12.7. The molecule has 0 fully saturated rings. The van der Waals surface area contributed by atoms with Crippen LogP contribution in [0.2, 0.25) is 0 Å². The van der Waals surface area contributed by atoms with Crippen molar-refractivity contribution in [3.8, 4) is 0 Å². The predicted octanol–water partition coefficient (Wildman–Crippen LogP) is 6.34. The van der Waals surface area contributed by atoms with Gasteiger partial charge in [-0.25, -0.2) is 0 Å². The van der Waals surface area contributed by atoms with Crippen molar-refractivity contribution in [2.75, 3.05) is 19.8 Å². The highest BCUT2D eigenvalue weighted by Crippen LogP contribution is 2.45. The van der Waals surface area contributed by atoms with E-state index in [1.807, 2.05) is 6.92 Å². The van der Waals surface area contributed by atoms with Crippen molar-refractivity contribution in [3.05, 3.63) is 0 Å². The topological polar surface area (TPSA) is 82.1 Å². The van der Waals surface area contributed by atoms with Crippen LogP contribution in [0.3, 0.4) is 0 Å². The Kier molecular flexibility index (Phi) is 15.5. The molecule has 2 atom stereocenters. The van der Waals surface area contributed by atoms with E-state index in [-0.39, 0.29) is 19.1 Å². The van der Waals surface area contributed by atoms with Crippen molar-refractivity contribution >= 4 is 10.1 Å². The Morgan fingerprint density at radius 3 is 1.53 bits per heavy atom. The summed E-state index contributed by atoms with van der Waals surface area (Å²) >= 11 is 0. The van der Waals surface area contributed by atoms with Gasteiger partial charge in [-0.3, -0.25) is 4.55 Å². The summed E-state index contributed by atoms with van der Waals surface area (Å²) in [7, 11) is -4.72. The molecule has 2 unspecified atom stereocenters. The first kappa shape index (κ1) is 29.8. The summed E-state index contributed by atoms with van der Waals surface area (Å²) in [5.41, 5.74) is -1.32. The highest BCUT2D eigenvalue weighted by molar-refractivity contribution is 7.87. The van der Waals surface area contributed by atoms with Crippen molar-refractivity contribution < 1.29 is 27.2 Å². The first-order valence-electron chi connectivity index (χ1n) is 12.1. The van der Waals surface area contributed by atoms with Gasteiger partial charge in [-0.05, 0) is 46.5 Å². The Bertz CT molecular complexity index is 516. The van der Waals surface area contributed by atoms with Gasteiger partial charge >= 0.3 is 15.2 Å². The molecule has 7 heteroatoms. The van der Waals surface area contributed by atoms with Crippen LogP contribution in [-0.4, -0.2) is 43.5 Å². The maximum atomic E-state index is 12.7. The molecule has 0 rings (SSSR count). The van der Waals surface area contributed by atoms with E-state index in [0.29, 0.717) is 6.61 Å². The number of unbranched alkanes of at least 4 members (excludes halogenated alkanes) is 7. The molecule has 0 heterocycles. The average molecular weight is 453 g/mol. The number of rotatable bonds is 20. The van der Waals surface area contributed by atoms with E-state index >= 15 is 0 Å². The highest BCUT2D eigenvalue weighted by atomic mass is 32.2. The summed E-state index contributed by atoms with van der Waals surface area (Å²) in [5.74, 6) is -0.116. The lowest BCUT2D eigenvalue weighted by Gasteiger charge is -2.48. The third-order valence-electron chi connectivity index (χ3n) is 5.90. The summed E-state index contributed by atoms with van der Waals surface area (Å²) in [4.78, 5) is 0. The van der Waals surface area contributed by atoms with E-state index in [9.17, 15) is 13.0 Å². The van der Waals surface area contributed by atoms with Crippen LogP contribution in [0.5, 0.6) is 0 Å². The standard InChI is InChI=1S/C23H48O6S/c1-7-12-14-15-16-18-20-21(19-17-13-8-2)22(6,27-9-3)23(28-10-4,29-11-5)30(24,25)26/h21H,7-20H2,1-6H3,(H,24,25,26). The van der Waals surface area contributed by atoms with Crippen LogP contribution in [0.4, 0.5) is 0 Å². The van der Waals surface area contributed by atoms with E-state index in [1.165, 1.54) is 25.7 Å². The second-order valence-electron chi connectivity index (χ2n) is 8.19. The Labute approximate surface area is 186 Å². The lowest BCUT2D eigenvalue weighted by molar-refractivity contribution is -0.294. The van der Waals surface area contributed by atoms with E-state index in [1.54, 1.807) is 20.8 Å². The summed E-state index contributed by atoms with van der Waals surface area (Å²) in [6.45, 7) is 11.8. The van der Waals surface area contributed by atoms with Gasteiger partial charge in [0.2, 0.25) is 0 Å². The molecule has 0 amide bonds. The molecule has 1 N–H and O–H groups in total. The van der Waals surface area contributed by atoms with Crippen LogP contribution in [0.1, 0.15) is 112 Å². The molecule has 0 saturated carbocycles. The lowest BCUT2D eigenvalue weighted by Crippen LogP contribution is -2.65. The average Bonchev–Trinajstić information content (AvgIpc) is 2.68. The molecule has 0 bridgehead atoms. The van der Waals surface area contributed by atoms with Crippen molar-refractivity contribution in [1.82, 2.24) is 0 Å². The predicted molar refractivity (Wildman–Crippen MR) is 123 cm³/mol. The Morgan fingerprint density at radius 2 is 1.10 bits per heavy atom. The zero-order valence-corrected chi connectivity index (χ0v) is 21.2. The maximum Gasteiger partial charge on any atom is 0.329 e. The van der Waals surface area contributed by atoms with Crippen molar-refractivity contribution in [2.45, 2.75) is 123 Å². The molecular weight excluding hydrogens is 404 g/mol. The SMILES string of the molecule is CCCCCCCCC(CCCCC)C(C)(OCC)C(OCC)(OCC)S(=O)(=O)O. The molecule has 30 heavy (non-hydrogen) atoms. The van der Waals surface area contributed by atoms with Gasteiger partial charge in [0.1, 0.15) is 5.60 Å². The Hall–Kier alpha value is -0.210. The van der Waals surface area contributed by atoms with Crippen LogP contribution in [0.15, 0.2) is 0 Å². The van der Waals surface area contributed by atoms with Gasteiger partial charge in [-0.2, -0.15) is 8.42 Å². The van der Waals surface area contributed by atoms with Crippen molar-refractivity contribution in [2.24, 2.45) is 5.92 Å². The molecule has 0 aromatic heterocycles. The molecule has 0 spiro atoms. The molecule has 182 valence electrons. The molecule has 0 aromatic rings. The van der Waals surface area contributed by atoms with Crippen LogP contribution < -0.4 is 0 Å². The van der Waals surface area contributed by atoms with Gasteiger partial charge in [0.05, 0.1) is 0 Å². The normalized spacial score (nSPS) is 15.8. The molecular formula is C23H48O6S. The van der Waals surface area contributed by atoms with Crippen LogP contribution in [0, 0.1) is 5.92 Å². The Balaban J connectivity index is 5.92. The summed E-state index contributed by atoms with van der Waals surface area (Å²) in [5, 5.41) is -2.24. The quantitative estimate of drug-likeness (QED) is 0.132. The zero-order chi connectivity index (χ0) is 23.1. The van der Waals surface area contributed by atoms with Crippen LogP contribution >= 0.6 is 0 Å². The minimum atomic E-state index is -4.72. The van der Waals surface area contributed by atoms with Gasteiger partial charge in [0, 0.05) is 19.8 Å². The smallest absolute Gasteiger partial charge is 0.329 e. The minimum absolute atomic E-state index is 0.0845. The fourth-order valence-electron chi connectivity index (χ4n) is 4.38. The molecule has 0 aliphatic heterocycles. The first-order valence-corrected chi connectivity index (χ1v) is 13.5. The largest absolute Gasteiger partial charge is 0.368 e. The van der Waals surface area contributed by atoms with Gasteiger partial charge in [0.15, 0.2) is 0 Å². The monoisotopic (exact) mass is 452 g/mol. The first-order chi connectivity index (χ1) is 14.2. The van der Waals surface area contributed by atoms with Gasteiger partial charge in [0.25, 0.3) is 0 Å². The summed E-state index contributed by atoms with van der Waals surface area (Å²) < 4.78 is 53.2. The minimum Gasteiger partial charge on any atom is -0.368 e. The van der Waals surface area contributed by atoms with Crippen molar-refractivity contribution in [3.63, 3.8) is 0 Å². The summed E-state index contributed by atoms with van der Waals surface area (Å²) in [6, 6.07) is 0. The molecule has 0 radical (unpaired) electrons. The lowest BCUT2D eigenvalue weighted by atomic mass is 9.79. The van der Waals surface area contributed by atoms with Gasteiger partial charge in [-0.15, -0.1) is 0 Å². The van der Waals surface area contributed by atoms with E-state index < -0.39 is 20.8 Å². The second-order valence-corrected chi connectivity index (χ2v) is 9.67. The molecule has 0 saturated heterocycles. The van der Waals surface area contributed by atoms with Gasteiger partial charge in [-0.1, -0.05) is 71.6 Å². The van der Waals surface area contributed by atoms with Crippen LogP contribution in [-0.2, 0) is 24.3 Å².